The van der Waals surface area contributed by atoms with E-state index in [9.17, 15) is 0 Å². The van der Waals surface area contributed by atoms with Gasteiger partial charge in [0.15, 0.2) is 0 Å². The Labute approximate surface area is 122 Å². The van der Waals surface area contributed by atoms with E-state index < -0.39 is 0 Å². The molecule has 2 aliphatic rings. The molecule has 0 amide bonds. The summed E-state index contributed by atoms with van der Waals surface area (Å²) in [5.41, 5.74) is 4.75. The van der Waals surface area contributed by atoms with E-state index in [0.717, 1.165) is 5.92 Å². The molecule has 108 valence electrons. The minimum absolute atomic E-state index is 0.334. The Morgan fingerprint density at radius 1 is 1.10 bits per heavy atom. The first-order valence-corrected chi connectivity index (χ1v) is 7.91. The molecular formula is C18H26N2. The van der Waals surface area contributed by atoms with Gasteiger partial charge in [0.2, 0.25) is 0 Å². The first kappa shape index (κ1) is 14.8. The van der Waals surface area contributed by atoms with E-state index >= 15 is 0 Å². The molecule has 2 nitrogen and oxygen atoms in total. The number of benzene rings is 1. The average molecular weight is 270 g/mol. The number of nitrogens with zero attached hydrogens (tertiary/aromatic N) is 1. The number of fused-ring (bicyclic) bond motifs is 3. The summed E-state index contributed by atoms with van der Waals surface area (Å²) in [6.07, 6.45) is 5.09. The molecule has 0 bridgehead atoms. The van der Waals surface area contributed by atoms with Gasteiger partial charge in [0, 0.05) is 17.3 Å². The Morgan fingerprint density at radius 2 is 1.75 bits per heavy atom. The second-order valence-corrected chi connectivity index (χ2v) is 5.11. The van der Waals surface area contributed by atoms with Gasteiger partial charge in [-0.2, -0.15) is 0 Å². The van der Waals surface area contributed by atoms with E-state index in [4.69, 9.17) is 0 Å². The van der Waals surface area contributed by atoms with Crippen LogP contribution in [-0.2, 0) is 5.41 Å². The van der Waals surface area contributed by atoms with Crippen LogP contribution in [0.1, 0.15) is 69.7 Å². The molecule has 3 unspecified atom stereocenters. The normalized spacial score (nSPS) is 28.2. The lowest BCUT2D eigenvalue weighted by Gasteiger charge is -2.18. The molecule has 4 rings (SSSR count). The molecule has 1 N–H and O–H groups in total. The van der Waals surface area contributed by atoms with Gasteiger partial charge in [-0.25, -0.2) is 4.98 Å². The van der Waals surface area contributed by atoms with Crippen LogP contribution in [0, 0.1) is 0 Å². The standard InChI is InChI=1S/C14H14N2.2C2H6/c1-9-10-4-2-3-5-11(10)12-6-14(9,12)13-7-15-8-16-13;2*1-2/h2-5,7-9,12H,6H2,1H3,(H,15,16);2*1-2H3. The molecule has 0 aliphatic heterocycles. The van der Waals surface area contributed by atoms with Crippen molar-refractivity contribution in [3.63, 3.8) is 0 Å². The van der Waals surface area contributed by atoms with Crippen LogP contribution in [0.5, 0.6) is 0 Å². The van der Waals surface area contributed by atoms with Crippen LogP contribution in [0.25, 0.3) is 0 Å². The van der Waals surface area contributed by atoms with E-state index in [-0.39, 0.29) is 0 Å². The number of hydrogen-bond donors (Lipinski definition) is 1. The highest BCUT2D eigenvalue weighted by Gasteiger charge is 2.65. The lowest BCUT2D eigenvalue weighted by Crippen LogP contribution is -2.13. The summed E-state index contributed by atoms with van der Waals surface area (Å²) in [6, 6.07) is 8.89. The third-order valence-electron chi connectivity index (χ3n) is 4.61. The Hall–Kier alpha value is -1.57. The quantitative estimate of drug-likeness (QED) is 0.775. The number of aromatic nitrogens is 2. The Morgan fingerprint density at radius 3 is 2.30 bits per heavy atom. The van der Waals surface area contributed by atoms with Crippen molar-refractivity contribution in [1.82, 2.24) is 9.97 Å². The van der Waals surface area contributed by atoms with Crippen molar-refractivity contribution in [2.45, 2.75) is 58.3 Å². The van der Waals surface area contributed by atoms with Crippen molar-refractivity contribution < 1.29 is 0 Å². The zero-order valence-electron chi connectivity index (χ0n) is 13.3. The molecule has 1 aromatic heterocycles. The zero-order valence-corrected chi connectivity index (χ0v) is 13.3. The predicted molar refractivity (Wildman–Crippen MR) is 85.2 cm³/mol. The van der Waals surface area contributed by atoms with Gasteiger partial charge in [0.1, 0.15) is 0 Å². The number of aromatic amines is 1. The summed E-state index contributed by atoms with van der Waals surface area (Å²) in [5, 5.41) is 0. The second kappa shape index (κ2) is 5.82. The minimum Gasteiger partial charge on any atom is -0.348 e. The van der Waals surface area contributed by atoms with Gasteiger partial charge in [0.05, 0.1) is 6.33 Å². The minimum atomic E-state index is 0.334. The van der Waals surface area contributed by atoms with Gasteiger partial charge >= 0.3 is 0 Å². The highest BCUT2D eigenvalue weighted by atomic mass is 14.9. The van der Waals surface area contributed by atoms with Gasteiger partial charge in [-0.1, -0.05) is 58.9 Å². The molecule has 1 aromatic carbocycles. The van der Waals surface area contributed by atoms with Crippen LogP contribution in [0.15, 0.2) is 36.8 Å². The predicted octanol–water partition coefficient (Wildman–Crippen LogP) is 5.00. The molecule has 3 atom stereocenters. The number of H-pyrrole nitrogens is 1. The molecule has 1 saturated carbocycles. The molecule has 1 fully saturated rings. The van der Waals surface area contributed by atoms with Gasteiger partial charge in [-0.05, 0) is 29.4 Å². The van der Waals surface area contributed by atoms with Crippen molar-refractivity contribution >= 4 is 0 Å². The van der Waals surface area contributed by atoms with Crippen LogP contribution >= 0.6 is 0 Å². The maximum absolute atomic E-state index is 4.18. The lowest BCUT2D eigenvalue weighted by molar-refractivity contribution is 0.566. The Kier molecular flexibility index (Phi) is 4.32. The monoisotopic (exact) mass is 270 g/mol. The van der Waals surface area contributed by atoms with Crippen LogP contribution in [0.4, 0.5) is 0 Å². The SMILES string of the molecule is CC.CC.CC1c2ccccc2C2CC12c1cnc[nH]1. The highest BCUT2D eigenvalue weighted by Crippen LogP contribution is 2.72. The summed E-state index contributed by atoms with van der Waals surface area (Å²) in [6.45, 7) is 10.4. The van der Waals surface area contributed by atoms with Crippen LogP contribution in [0.2, 0.25) is 0 Å². The van der Waals surface area contributed by atoms with E-state index in [0.29, 0.717) is 11.3 Å². The Balaban J connectivity index is 0.000000340. The molecule has 2 aromatic rings. The summed E-state index contributed by atoms with van der Waals surface area (Å²) in [5.74, 6) is 1.34. The number of hydrogen-bond acceptors (Lipinski definition) is 1. The maximum Gasteiger partial charge on any atom is 0.0921 e. The lowest BCUT2D eigenvalue weighted by atomic mass is 9.86. The third kappa shape index (κ3) is 1.90. The van der Waals surface area contributed by atoms with Crippen LogP contribution in [0.3, 0.4) is 0 Å². The van der Waals surface area contributed by atoms with Crippen LogP contribution < -0.4 is 0 Å². The molecule has 0 saturated heterocycles. The third-order valence-corrected chi connectivity index (χ3v) is 4.61. The fourth-order valence-corrected chi connectivity index (χ4v) is 3.69. The first-order chi connectivity index (χ1) is 9.84. The van der Waals surface area contributed by atoms with Gasteiger partial charge in [-0.15, -0.1) is 0 Å². The molecule has 1 heterocycles. The van der Waals surface area contributed by atoms with Gasteiger partial charge in [0.25, 0.3) is 0 Å². The summed E-state index contributed by atoms with van der Waals surface area (Å²) < 4.78 is 0. The molecule has 2 aliphatic carbocycles. The summed E-state index contributed by atoms with van der Waals surface area (Å²) in [4.78, 5) is 7.50. The number of rotatable bonds is 1. The summed E-state index contributed by atoms with van der Waals surface area (Å²) in [7, 11) is 0. The van der Waals surface area contributed by atoms with Crippen molar-refractivity contribution in [2.24, 2.45) is 0 Å². The van der Waals surface area contributed by atoms with Gasteiger partial charge in [-0.3, -0.25) is 0 Å². The largest absolute Gasteiger partial charge is 0.348 e. The van der Waals surface area contributed by atoms with E-state index in [1.807, 2.05) is 33.9 Å². The van der Waals surface area contributed by atoms with Crippen molar-refractivity contribution in [3.8, 4) is 0 Å². The zero-order chi connectivity index (χ0) is 14.8. The maximum atomic E-state index is 4.18. The van der Waals surface area contributed by atoms with Crippen molar-refractivity contribution in [1.29, 1.82) is 0 Å². The second-order valence-electron chi connectivity index (χ2n) is 5.11. The molecular weight excluding hydrogens is 244 g/mol. The average Bonchev–Trinajstić information content (AvgIpc) is 2.94. The Bertz CT molecular complexity index is 529. The first-order valence-electron chi connectivity index (χ1n) is 7.91. The van der Waals surface area contributed by atoms with Crippen LogP contribution in [-0.4, -0.2) is 9.97 Å². The van der Waals surface area contributed by atoms with E-state index in [1.54, 1.807) is 11.9 Å². The van der Waals surface area contributed by atoms with Crippen molar-refractivity contribution in [3.05, 3.63) is 53.6 Å². The van der Waals surface area contributed by atoms with Gasteiger partial charge < -0.3 is 4.98 Å². The fourth-order valence-electron chi connectivity index (χ4n) is 3.69. The fraction of sp³-hybridized carbons (Fsp3) is 0.500. The smallest absolute Gasteiger partial charge is 0.0921 e. The van der Waals surface area contributed by atoms with Crippen molar-refractivity contribution in [2.75, 3.05) is 0 Å². The molecule has 0 radical (unpaired) electrons. The summed E-state index contributed by atoms with van der Waals surface area (Å²) >= 11 is 0. The number of nitrogens with one attached hydrogen (secondary N) is 1. The molecule has 0 spiro atoms. The topological polar surface area (TPSA) is 28.7 Å². The highest BCUT2D eigenvalue weighted by molar-refractivity contribution is 5.55. The molecule has 20 heavy (non-hydrogen) atoms. The van der Waals surface area contributed by atoms with E-state index in [1.165, 1.54) is 17.7 Å². The van der Waals surface area contributed by atoms with E-state index in [2.05, 4.69) is 41.2 Å². The number of imidazole rings is 1. The molecule has 2 heteroatoms.